The second kappa shape index (κ2) is 7.15. The first kappa shape index (κ1) is 13.1. The van der Waals surface area contributed by atoms with Gasteiger partial charge in [0.25, 0.3) is 0 Å². The molecule has 1 radical (unpaired) electrons. The lowest BCUT2D eigenvalue weighted by atomic mass is 10.0. The summed E-state index contributed by atoms with van der Waals surface area (Å²) >= 11 is 0. The lowest BCUT2D eigenvalue weighted by molar-refractivity contribution is 0.607. The largest absolute Gasteiger partial charge is 0.256 e. The molecule has 0 saturated heterocycles. The second-order valence-corrected chi connectivity index (χ2v) is 4.98. The zero-order valence-corrected chi connectivity index (χ0v) is 11.3. The molecule has 1 nitrogen and oxygen atoms in total. The number of hydrogen-bond donors (Lipinski definition) is 0. The lowest BCUT2D eigenvalue weighted by Gasteiger charge is -2.03. The van der Waals surface area contributed by atoms with Gasteiger partial charge in [-0.15, -0.1) is 0 Å². The van der Waals surface area contributed by atoms with Crippen molar-refractivity contribution in [2.75, 3.05) is 0 Å². The number of fused-ring (bicyclic) bond motifs is 1. The summed E-state index contributed by atoms with van der Waals surface area (Å²) in [7, 11) is 0. The highest BCUT2D eigenvalue weighted by Gasteiger charge is 1.97. The molecule has 0 aliphatic heterocycles. The van der Waals surface area contributed by atoms with Gasteiger partial charge in [0.05, 0.1) is 5.52 Å². The van der Waals surface area contributed by atoms with Crippen LogP contribution in [-0.2, 0) is 6.42 Å². The fourth-order valence-corrected chi connectivity index (χ4v) is 2.34. The van der Waals surface area contributed by atoms with Gasteiger partial charge in [-0.3, -0.25) is 4.98 Å². The molecule has 1 aromatic carbocycles. The first-order valence-electron chi connectivity index (χ1n) is 7.15. The quantitative estimate of drug-likeness (QED) is 0.625. The first-order chi connectivity index (χ1) is 8.90. The van der Waals surface area contributed by atoms with E-state index < -0.39 is 0 Å². The summed E-state index contributed by atoms with van der Waals surface area (Å²) < 4.78 is 0. The van der Waals surface area contributed by atoms with Crippen LogP contribution in [0.3, 0.4) is 0 Å². The molecular weight excluding hydrogens is 218 g/mol. The van der Waals surface area contributed by atoms with Gasteiger partial charge in [-0.1, -0.05) is 45.1 Å². The van der Waals surface area contributed by atoms with Gasteiger partial charge in [-0.05, 0) is 36.6 Å². The van der Waals surface area contributed by atoms with Crippen molar-refractivity contribution in [3.8, 4) is 0 Å². The van der Waals surface area contributed by atoms with Crippen molar-refractivity contribution in [1.29, 1.82) is 0 Å². The van der Waals surface area contributed by atoms with Crippen LogP contribution in [0.1, 0.15) is 51.0 Å². The number of rotatable bonds is 7. The molecule has 18 heavy (non-hydrogen) atoms. The maximum Gasteiger partial charge on any atom is 0.0702 e. The molecule has 0 unspecified atom stereocenters. The van der Waals surface area contributed by atoms with Crippen LogP contribution in [0.4, 0.5) is 0 Å². The van der Waals surface area contributed by atoms with Gasteiger partial charge in [0.2, 0.25) is 0 Å². The van der Waals surface area contributed by atoms with E-state index in [-0.39, 0.29) is 0 Å². The van der Waals surface area contributed by atoms with E-state index >= 15 is 0 Å². The zero-order valence-electron chi connectivity index (χ0n) is 11.3. The number of unbranched alkanes of at least 4 members (excludes halogenated alkanes) is 5. The van der Waals surface area contributed by atoms with Crippen LogP contribution in [-0.4, -0.2) is 4.98 Å². The van der Waals surface area contributed by atoms with Crippen LogP contribution in [0.5, 0.6) is 0 Å². The van der Waals surface area contributed by atoms with Crippen molar-refractivity contribution in [2.45, 2.75) is 51.9 Å². The standard InChI is InChI=1S/C17H22N/c1-2-3-4-5-6-7-9-15-11-12-17-16(14-15)10-8-13-18-17/h10-14H,2-7,9H2,1H3. The van der Waals surface area contributed by atoms with Gasteiger partial charge in [-0.25, -0.2) is 0 Å². The Bertz CT molecular complexity index is 476. The third kappa shape index (κ3) is 3.83. The van der Waals surface area contributed by atoms with Crippen LogP contribution >= 0.6 is 0 Å². The molecule has 0 N–H and O–H groups in total. The molecule has 2 aromatic rings. The van der Waals surface area contributed by atoms with Crippen molar-refractivity contribution >= 4 is 10.9 Å². The van der Waals surface area contributed by atoms with E-state index in [1.54, 1.807) is 6.20 Å². The van der Waals surface area contributed by atoms with Gasteiger partial charge in [-0.2, -0.15) is 0 Å². The molecule has 1 aromatic heterocycles. The highest BCUT2D eigenvalue weighted by molar-refractivity contribution is 5.78. The molecule has 0 aliphatic rings. The number of benzene rings is 1. The van der Waals surface area contributed by atoms with Crippen LogP contribution in [0.25, 0.3) is 10.9 Å². The predicted molar refractivity (Wildman–Crippen MR) is 77.7 cm³/mol. The molecule has 0 aliphatic carbocycles. The van der Waals surface area contributed by atoms with Gasteiger partial charge in [0.1, 0.15) is 0 Å². The van der Waals surface area contributed by atoms with Crippen LogP contribution in [0, 0.1) is 6.07 Å². The number of pyridine rings is 1. The van der Waals surface area contributed by atoms with Crippen molar-refractivity contribution in [3.05, 3.63) is 42.1 Å². The monoisotopic (exact) mass is 240 g/mol. The average molecular weight is 240 g/mol. The van der Waals surface area contributed by atoms with E-state index in [1.807, 2.05) is 6.07 Å². The zero-order chi connectivity index (χ0) is 12.6. The Labute approximate surface area is 110 Å². The maximum absolute atomic E-state index is 4.30. The third-order valence-corrected chi connectivity index (χ3v) is 3.43. The maximum atomic E-state index is 4.30. The molecule has 0 atom stereocenters. The molecule has 0 spiro atoms. The normalized spacial score (nSPS) is 10.9. The van der Waals surface area contributed by atoms with E-state index in [9.17, 15) is 0 Å². The first-order valence-corrected chi connectivity index (χ1v) is 7.15. The Hall–Kier alpha value is -1.37. The van der Waals surface area contributed by atoms with Crippen molar-refractivity contribution in [1.82, 2.24) is 4.98 Å². The number of aromatic nitrogens is 1. The van der Waals surface area contributed by atoms with E-state index in [4.69, 9.17) is 0 Å². The minimum absolute atomic E-state index is 1.07. The van der Waals surface area contributed by atoms with Gasteiger partial charge in [0, 0.05) is 17.6 Å². The lowest BCUT2D eigenvalue weighted by Crippen LogP contribution is -1.87. The summed E-state index contributed by atoms with van der Waals surface area (Å²) in [5, 5.41) is 1.21. The molecule has 0 saturated carbocycles. The Morgan fingerprint density at radius 1 is 1.06 bits per heavy atom. The van der Waals surface area contributed by atoms with Gasteiger partial charge >= 0.3 is 0 Å². The number of aryl methyl sites for hydroxylation is 1. The summed E-state index contributed by atoms with van der Waals surface area (Å²) in [6, 6.07) is 11.6. The fraction of sp³-hybridized carbons (Fsp3) is 0.471. The van der Waals surface area contributed by atoms with E-state index in [2.05, 4.69) is 36.2 Å². The Kier molecular flexibility index (Phi) is 5.19. The van der Waals surface area contributed by atoms with Gasteiger partial charge < -0.3 is 0 Å². The Balaban J connectivity index is 1.81. The Morgan fingerprint density at radius 2 is 1.89 bits per heavy atom. The molecule has 0 amide bonds. The van der Waals surface area contributed by atoms with Crippen molar-refractivity contribution in [3.63, 3.8) is 0 Å². The molecule has 0 fully saturated rings. The highest BCUT2D eigenvalue weighted by Crippen LogP contribution is 2.15. The SMILES string of the molecule is CCCCCCCCc1ccc2nc[c]cc2c1. The molecule has 1 heterocycles. The van der Waals surface area contributed by atoms with Gasteiger partial charge in [0.15, 0.2) is 0 Å². The minimum atomic E-state index is 1.07. The average Bonchev–Trinajstić information content (AvgIpc) is 2.42. The number of hydrogen-bond acceptors (Lipinski definition) is 1. The predicted octanol–water partition coefficient (Wildman–Crippen LogP) is 4.94. The third-order valence-electron chi connectivity index (χ3n) is 3.43. The summed E-state index contributed by atoms with van der Waals surface area (Å²) in [5.74, 6) is 0. The fourth-order valence-electron chi connectivity index (χ4n) is 2.34. The number of nitrogens with zero attached hydrogens (tertiary/aromatic N) is 1. The second-order valence-electron chi connectivity index (χ2n) is 4.98. The van der Waals surface area contributed by atoms with E-state index in [0.717, 1.165) is 5.52 Å². The van der Waals surface area contributed by atoms with Crippen molar-refractivity contribution < 1.29 is 0 Å². The molecule has 95 valence electrons. The summed E-state index contributed by atoms with van der Waals surface area (Å²) in [6.45, 7) is 2.26. The van der Waals surface area contributed by atoms with E-state index in [0.29, 0.717) is 0 Å². The molecule has 0 bridgehead atoms. The molecule has 1 heteroatoms. The summed E-state index contributed by atoms with van der Waals surface area (Å²) in [6.07, 6.45) is 11.1. The van der Waals surface area contributed by atoms with Crippen molar-refractivity contribution in [2.24, 2.45) is 0 Å². The van der Waals surface area contributed by atoms with Crippen LogP contribution in [0.2, 0.25) is 0 Å². The molecule has 2 rings (SSSR count). The Morgan fingerprint density at radius 3 is 2.78 bits per heavy atom. The summed E-state index contributed by atoms with van der Waals surface area (Å²) in [4.78, 5) is 4.30. The smallest absolute Gasteiger partial charge is 0.0702 e. The molecular formula is C17H22N. The van der Waals surface area contributed by atoms with E-state index in [1.165, 1.54) is 55.9 Å². The van der Waals surface area contributed by atoms with Crippen LogP contribution < -0.4 is 0 Å². The summed E-state index contributed by atoms with van der Waals surface area (Å²) in [5.41, 5.74) is 2.50. The topological polar surface area (TPSA) is 12.9 Å². The minimum Gasteiger partial charge on any atom is -0.256 e. The van der Waals surface area contributed by atoms with Crippen LogP contribution in [0.15, 0.2) is 30.5 Å². The highest BCUT2D eigenvalue weighted by atomic mass is 14.6.